The van der Waals surface area contributed by atoms with Gasteiger partial charge in [0, 0.05) is 30.7 Å². The van der Waals surface area contributed by atoms with Crippen LogP contribution in [-0.4, -0.2) is 47.1 Å². The number of nitrogen functional groups attached to an aromatic ring is 1. The highest BCUT2D eigenvalue weighted by Gasteiger charge is 2.32. The van der Waals surface area contributed by atoms with Gasteiger partial charge in [0.2, 0.25) is 0 Å². The van der Waals surface area contributed by atoms with Crippen LogP contribution in [0.15, 0.2) is 0 Å². The number of anilines is 2. The molecule has 1 aromatic heterocycles. The molecule has 1 aliphatic heterocycles. The van der Waals surface area contributed by atoms with Crippen molar-refractivity contribution in [2.75, 3.05) is 37.3 Å². The molecular weight excluding hydrogens is 226 g/mol. The van der Waals surface area contributed by atoms with Crippen molar-refractivity contribution in [1.29, 1.82) is 0 Å². The first-order chi connectivity index (χ1) is 8.31. The molecular formula is C13H23N5. The fourth-order valence-electron chi connectivity index (χ4n) is 2.36. The Morgan fingerprint density at radius 2 is 1.83 bits per heavy atom. The average molecular weight is 249 g/mol. The van der Waals surface area contributed by atoms with Gasteiger partial charge in [0.25, 0.3) is 0 Å². The fraction of sp³-hybridized carbons (Fsp3) is 0.692. The molecule has 2 N–H and O–H groups in total. The lowest BCUT2D eigenvalue weighted by Gasteiger charge is -2.46. The van der Waals surface area contributed by atoms with E-state index in [0.717, 1.165) is 36.8 Å². The summed E-state index contributed by atoms with van der Waals surface area (Å²) in [6.45, 7) is 11.4. The zero-order chi connectivity index (χ0) is 13.5. The Morgan fingerprint density at radius 3 is 2.44 bits per heavy atom. The number of nitrogens with two attached hydrogens (primary N) is 1. The highest BCUT2D eigenvalue weighted by Crippen LogP contribution is 2.27. The second-order valence-electron chi connectivity index (χ2n) is 5.76. The Balaban J connectivity index is 2.33. The van der Waals surface area contributed by atoms with Gasteiger partial charge in [-0.15, -0.1) is 0 Å². The van der Waals surface area contributed by atoms with Crippen molar-refractivity contribution in [3.05, 3.63) is 11.4 Å². The molecule has 1 aliphatic rings. The maximum Gasteiger partial charge on any atom is 0.137 e. The number of nitrogens with zero attached hydrogens (tertiary/aromatic N) is 4. The molecule has 18 heavy (non-hydrogen) atoms. The first-order valence-corrected chi connectivity index (χ1v) is 6.38. The highest BCUT2D eigenvalue weighted by atomic mass is 15.3. The summed E-state index contributed by atoms with van der Waals surface area (Å²) in [5.74, 6) is 2.32. The molecule has 2 rings (SSSR count). The van der Waals surface area contributed by atoms with Gasteiger partial charge in [0.05, 0.1) is 0 Å². The molecule has 0 amide bonds. The highest BCUT2D eigenvalue weighted by molar-refractivity contribution is 5.57. The number of likely N-dealkylation sites (N-methyl/N-ethyl adjacent to an activating group) is 1. The number of piperazine rings is 1. The standard InChI is InChI=1S/C13H23N5/c1-9-11(14)15-10(2)16-12(9)18-7-6-17(5)13(3,4)8-18/h6-8H2,1-5H3,(H2,14,15,16). The largest absolute Gasteiger partial charge is 0.383 e. The fourth-order valence-corrected chi connectivity index (χ4v) is 2.36. The molecule has 100 valence electrons. The molecule has 5 nitrogen and oxygen atoms in total. The van der Waals surface area contributed by atoms with Crippen LogP contribution < -0.4 is 10.6 Å². The van der Waals surface area contributed by atoms with Gasteiger partial charge < -0.3 is 10.6 Å². The second-order valence-corrected chi connectivity index (χ2v) is 5.76. The molecule has 2 heterocycles. The third-order valence-corrected chi connectivity index (χ3v) is 3.89. The second kappa shape index (κ2) is 4.39. The van der Waals surface area contributed by atoms with Gasteiger partial charge in [-0.2, -0.15) is 0 Å². The third-order valence-electron chi connectivity index (χ3n) is 3.89. The van der Waals surface area contributed by atoms with Crippen LogP contribution >= 0.6 is 0 Å². The van der Waals surface area contributed by atoms with E-state index in [0.29, 0.717) is 5.82 Å². The van der Waals surface area contributed by atoms with Gasteiger partial charge >= 0.3 is 0 Å². The van der Waals surface area contributed by atoms with Crippen LogP contribution in [0.1, 0.15) is 25.2 Å². The Hall–Kier alpha value is -1.36. The molecule has 0 bridgehead atoms. The molecule has 0 atom stereocenters. The Kier molecular flexibility index (Phi) is 3.19. The molecule has 0 spiro atoms. The van der Waals surface area contributed by atoms with Gasteiger partial charge in [0.1, 0.15) is 17.5 Å². The van der Waals surface area contributed by atoms with Crippen LogP contribution in [0.3, 0.4) is 0 Å². The van der Waals surface area contributed by atoms with Crippen LogP contribution in [0.4, 0.5) is 11.6 Å². The van der Waals surface area contributed by atoms with Crippen LogP contribution in [0, 0.1) is 13.8 Å². The van der Waals surface area contributed by atoms with E-state index in [2.05, 4.69) is 40.7 Å². The molecule has 1 fully saturated rings. The van der Waals surface area contributed by atoms with Crippen LogP contribution in [0.2, 0.25) is 0 Å². The average Bonchev–Trinajstić information content (AvgIpc) is 2.27. The van der Waals surface area contributed by atoms with Crippen molar-refractivity contribution < 1.29 is 0 Å². The summed E-state index contributed by atoms with van der Waals surface area (Å²) in [5, 5.41) is 0. The van der Waals surface area contributed by atoms with Crippen LogP contribution in [-0.2, 0) is 0 Å². The van der Waals surface area contributed by atoms with Crippen molar-refractivity contribution in [2.24, 2.45) is 0 Å². The molecule has 0 radical (unpaired) electrons. The van der Waals surface area contributed by atoms with E-state index in [1.807, 2.05) is 13.8 Å². The van der Waals surface area contributed by atoms with E-state index in [1.165, 1.54) is 0 Å². The summed E-state index contributed by atoms with van der Waals surface area (Å²) in [5.41, 5.74) is 7.07. The Labute approximate surface area is 109 Å². The maximum atomic E-state index is 5.93. The number of hydrogen-bond acceptors (Lipinski definition) is 5. The maximum absolute atomic E-state index is 5.93. The van der Waals surface area contributed by atoms with Crippen molar-refractivity contribution in [2.45, 2.75) is 33.2 Å². The lowest BCUT2D eigenvalue weighted by atomic mass is 9.99. The lowest BCUT2D eigenvalue weighted by molar-refractivity contribution is 0.138. The number of aryl methyl sites for hydroxylation is 1. The van der Waals surface area contributed by atoms with Crippen molar-refractivity contribution in [3.63, 3.8) is 0 Å². The molecule has 0 aliphatic carbocycles. The number of aromatic nitrogens is 2. The summed E-state index contributed by atoms with van der Waals surface area (Å²) in [6.07, 6.45) is 0. The number of rotatable bonds is 1. The number of hydrogen-bond donors (Lipinski definition) is 1. The minimum atomic E-state index is 0.151. The van der Waals surface area contributed by atoms with Crippen molar-refractivity contribution in [1.82, 2.24) is 14.9 Å². The van der Waals surface area contributed by atoms with E-state index < -0.39 is 0 Å². The molecule has 0 saturated carbocycles. The summed E-state index contributed by atoms with van der Waals surface area (Å²) < 4.78 is 0. The normalized spacial score (nSPS) is 20.2. The SMILES string of the molecule is Cc1nc(N)c(C)c(N2CCN(C)C(C)(C)C2)n1. The first kappa shape index (κ1) is 13.1. The van der Waals surface area contributed by atoms with Crippen molar-refractivity contribution >= 4 is 11.6 Å². The molecule has 0 unspecified atom stereocenters. The zero-order valence-electron chi connectivity index (χ0n) is 12.0. The van der Waals surface area contributed by atoms with Gasteiger partial charge in [-0.05, 0) is 34.7 Å². The Morgan fingerprint density at radius 1 is 1.17 bits per heavy atom. The van der Waals surface area contributed by atoms with E-state index >= 15 is 0 Å². The molecule has 5 heteroatoms. The van der Waals surface area contributed by atoms with Crippen LogP contribution in [0.25, 0.3) is 0 Å². The van der Waals surface area contributed by atoms with Gasteiger partial charge in [-0.3, -0.25) is 4.90 Å². The lowest BCUT2D eigenvalue weighted by Crippen LogP contribution is -2.58. The molecule has 0 aromatic carbocycles. The van der Waals surface area contributed by atoms with E-state index in [9.17, 15) is 0 Å². The summed E-state index contributed by atoms with van der Waals surface area (Å²) in [4.78, 5) is 13.5. The van der Waals surface area contributed by atoms with E-state index in [-0.39, 0.29) is 5.54 Å². The third kappa shape index (κ3) is 2.27. The van der Waals surface area contributed by atoms with Gasteiger partial charge in [-0.1, -0.05) is 0 Å². The summed E-state index contributed by atoms with van der Waals surface area (Å²) in [7, 11) is 2.17. The molecule has 1 saturated heterocycles. The minimum absolute atomic E-state index is 0.151. The summed E-state index contributed by atoms with van der Waals surface area (Å²) >= 11 is 0. The van der Waals surface area contributed by atoms with Crippen molar-refractivity contribution in [3.8, 4) is 0 Å². The smallest absolute Gasteiger partial charge is 0.137 e. The monoisotopic (exact) mass is 249 g/mol. The van der Waals surface area contributed by atoms with E-state index in [1.54, 1.807) is 0 Å². The topological polar surface area (TPSA) is 58.3 Å². The van der Waals surface area contributed by atoms with Crippen LogP contribution in [0.5, 0.6) is 0 Å². The quantitative estimate of drug-likeness (QED) is 0.810. The van der Waals surface area contributed by atoms with Gasteiger partial charge in [0.15, 0.2) is 0 Å². The van der Waals surface area contributed by atoms with E-state index in [4.69, 9.17) is 5.73 Å². The minimum Gasteiger partial charge on any atom is -0.383 e. The summed E-state index contributed by atoms with van der Waals surface area (Å²) in [6, 6.07) is 0. The molecule has 1 aromatic rings. The predicted molar refractivity (Wildman–Crippen MR) is 74.8 cm³/mol. The first-order valence-electron chi connectivity index (χ1n) is 6.38. The van der Waals surface area contributed by atoms with Gasteiger partial charge in [-0.25, -0.2) is 9.97 Å². The Bertz CT molecular complexity index is 455. The predicted octanol–water partition coefficient (Wildman–Crippen LogP) is 1.21. The zero-order valence-corrected chi connectivity index (χ0v) is 12.0.